The van der Waals surface area contributed by atoms with Gasteiger partial charge in [-0.25, -0.2) is 13.1 Å². The highest BCUT2D eigenvalue weighted by Gasteiger charge is 2.50. The van der Waals surface area contributed by atoms with Crippen molar-refractivity contribution < 1.29 is 32.9 Å². The molecule has 0 saturated heterocycles. The number of rotatable bonds is 10. The summed E-state index contributed by atoms with van der Waals surface area (Å²) in [5.41, 5.74) is 4.11. The van der Waals surface area contributed by atoms with Crippen LogP contribution < -0.4 is 14.2 Å². The SMILES string of the molecule is Cc1ccc(CC(=O)C2(c3ccc4c(c3)OCO4)CC2)cc1-c1ccc(S(=O)(=O)NC(CO)CO)cc1. The fourth-order valence-electron chi connectivity index (χ4n) is 4.73. The molecule has 1 aliphatic heterocycles. The summed E-state index contributed by atoms with van der Waals surface area (Å²) in [5, 5.41) is 18.4. The van der Waals surface area contributed by atoms with Crippen LogP contribution in [0.25, 0.3) is 11.1 Å². The van der Waals surface area contributed by atoms with E-state index < -0.39 is 34.7 Å². The molecular weight excluding hydrogens is 494 g/mol. The molecule has 3 N–H and O–H groups in total. The third-order valence-electron chi connectivity index (χ3n) is 7.11. The summed E-state index contributed by atoms with van der Waals surface area (Å²) in [6.07, 6.45) is 1.91. The Balaban J connectivity index is 1.34. The quantitative estimate of drug-likeness (QED) is 0.374. The van der Waals surface area contributed by atoms with E-state index >= 15 is 0 Å². The summed E-state index contributed by atoms with van der Waals surface area (Å²) in [4.78, 5) is 13.5. The van der Waals surface area contributed by atoms with Crippen molar-refractivity contribution in [2.24, 2.45) is 0 Å². The summed E-state index contributed by atoms with van der Waals surface area (Å²) < 4.78 is 38.3. The molecule has 0 bridgehead atoms. The van der Waals surface area contributed by atoms with E-state index in [4.69, 9.17) is 9.47 Å². The van der Waals surface area contributed by atoms with Crippen LogP contribution in [0.3, 0.4) is 0 Å². The average Bonchev–Trinajstić information content (AvgIpc) is 3.59. The molecule has 194 valence electrons. The lowest BCUT2D eigenvalue weighted by Crippen LogP contribution is -2.39. The molecule has 1 saturated carbocycles. The Morgan fingerprint density at radius 3 is 2.35 bits per heavy atom. The second-order valence-electron chi connectivity index (χ2n) is 9.61. The lowest BCUT2D eigenvalue weighted by Gasteiger charge is -2.16. The van der Waals surface area contributed by atoms with Crippen LogP contribution in [-0.4, -0.2) is 50.5 Å². The predicted molar refractivity (Wildman–Crippen MR) is 137 cm³/mol. The van der Waals surface area contributed by atoms with E-state index in [9.17, 15) is 23.4 Å². The molecule has 3 aromatic carbocycles. The first kappa shape index (κ1) is 25.4. The smallest absolute Gasteiger partial charge is 0.240 e. The van der Waals surface area contributed by atoms with Crippen LogP contribution in [0, 0.1) is 6.92 Å². The van der Waals surface area contributed by atoms with Gasteiger partial charge < -0.3 is 19.7 Å². The molecule has 2 aliphatic rings. The Morgan fingerprint density at radius 2 is 1.68 bits per heavy atom. The Kier molecular flexibility index (Phi) is 6.80. The van der Waals surface area contributed by atoms with Gasteiger partial charge in [0.05, 0.1) is 29.6 Å². The predicted octanol–water partition coefficient (Wildman–Crippen LogP) is 2.87. The number of ether oxygens (including phenoxy) is 2. The van der Waals surface area contributed by atoms with Gasteiger partial charge in [0, 0.05) is 6.42 Å². The van der Waals surface area contributed by atoms with Gasteiger partial charge in [0.25, 0.3) is 0 Å². The number of ketones is 1. The Bertz CT molecular complexity index is 1430. The van der Waals surface area contributed by atoms with Crippen LogP contribution in [0.2, 0.25) is 0 Å². The molecule has 8 nitrogen and oxygen atoms in total. The first-order valence-corrected chi connectivity index (χ1v) is 13.6. The largest absolute Gasteiger partial charge is 0.454 e. The molecule has 0 spiro atoms. The van der Waals surface area contributed by atoms with Crippen LogP contribution in [0.15, 0.2) is 65.6 Å². The fourth-order valence-corrected chi connectivity index (χ4v) is 5.94. The fraction of sp³-hybridized carbons (Fsp3) is 0.321. The molecule has 0 radical (unpaired) electrons. The Labute approximate surface area is 215 Å². The van der Waals surface area contributed by atoms with Crippen molar-refractivity contribution in [3.63, 3.8) is 0 Å². The van der Waals surface area contributed by atoms with E-state index in [1.165, 1.54) is 12.1 Å². The molecule has 0 unspecified atom stereocenters. The molecule has 1 fully saturated rings. The van der Waals surface area contributed by atoms with E-state index in [2.05, 4.69) is 4.72 Å². The van der Waals surface area contributed by atoms with E-state index in [0.717, 1.165) is 40.7 Å². The van der Waals surface area contributed by atoms with Gasteiger partial charge in [-0.05, 0) is 71.8 Å². The van der Waals surface area contributed by atoms with E-state index in [1.54, 1.807) is 12.1 Å². The standard InChI is InChI=1S/C28H29NO7S/c1-18-2-3-19(13-27(32)28(10-11-28)21-6-9-25-26(14-21)36-17-35-25)12-24(18)20-4-7-23(8-5-20)37(33,34)29-22(15-30)16-31/h2-9,12,14,22,29-31H,10-11,13,15-17H2,1H3. The summed E-state index contributed by atoms with van der Waals surface area (Å²) in [5.74, 6) is 1.54. The topological polar surface area (TPSA) is 122 Å². The van der Waals surface area contributed by atoms with Gasteiger partial charge in [0.2, 0.25) is 16.8 Å². The third kappa shape index (κ3) is 5.00. The van der Waals surface area contributed by atoms with Crippen molar-refractivity contribution >= 4 is 15.8 Å². The first-order valence-electron chi connectivity index (χ1n) is 12.1. The third-order valence-corrected chi connectivity index (χ3v) is 8.65. The minimum absolute atomic E-state index is 0.0338. The number of benzene rings is 3. The van der Waals surface area contributed by atoms with Gasteiger partial charge in [0.15, 0.2) is 11.5 Å². The minimum Gasteiger partial charge on any atom is -0.454 e. The van der Waals surface area contributed by atoms with Gasteiger partial charge in [0.1, 0.15) is 5.78 Å². The number of aliphatic hydroxyl groups excluding tert-OH is 2. The first-order chi connectivity index (χ1) is 17.8. The van der Waals surface area contributed by atoms with Crippen LogP contribution in [0.5, 0.6) is 11.5 Å². The zero-order valence-electron chi connectivity index (χ0n) is 20.4. The van der Waals surface area contributed by atoms with Gasteiger partial charge in [-0.15, -0.1) is 0 Å². The maximum absolute atomic E-state index is 13.4. The zero-order chi connectivity index (χ0) is 26.2. The Morgan fingerprint density at radius 1 is 0.973 bits per heavy atom. The van der Waals surface area contributed by atoms with Crippen molar-refractivity contribution in [1.82, 2.24) is 4.72 Å². The number of carbonyl (C=O) groups excluding carboxylic acids is 1. The van der Waals surface area contributed by atoms with Crippen molar-refractivity contribution in [2.75, 3.05) is 20.0 Å². The number of aliphatic hydroxyl groups is 2. The highest BCUT2D eigenvalue weighted by atomic mass is 32.2. The minimum atomic E-state index is -3.89. The molecule has 1 heterocycles. The number of Topliss-reactive ketones (excluding diaryl/α,β-unsaturated/α-hetero) is 1. The van der Waals surface area contributed by atoms with Crippen molar-refractivity contribution in [3.05, 3.63) is 77.4 Å². The Hall–Kier alpha value is -3.24. The van der Waals surface area contributed by atoms with Crippen molar-refractivity contribution in [1.29, 1.82) is 0 Å². The summed E-state index contributed by atoms with van der Waals surface area (Å²) in [7, 11) is -3.89. The van der Waals surface area contributed by atoms with E-state index in [0.29, 0.717) is 17.9 Å². The second kappa shape index (κ2) is 9.90. The highest BCUT2D eigenvalue weighted by molar-refractivity contribution is 7.89. The van der Waals surface area contributed by atoms with E-state index in [-0.39, 0.29) is 17.5 Å². The van der Waals surface area contributed by atoms with Crippen LogP contribution in [0.4, 0.5) is 0 Å². The average molecular weight is 524 g/mol. The van der Waals surface area contributed by atoms with Crippen LogP contribution >= 0.6 is 0 Å². The number of nitrogens with one attached hydrogen (secondary N) is 1. The number of carbonyl (C=O) groups is 1. The number of hydrogen-bond donors (Lipinski definition) is 3. The molecule has 5 rings (SSSR count). The van der Waals surface area contributed by atoms with Gasteiger partial charge >= 0.3 is 0 Å². The van der Waals surface area contributed by atoms with Crippen LogP contribution in [0.1, 0.15) is 29.5 Å². The molecular formula is C28H29NO7S. The number of hydrogen-bond acceptors (Lipinski definition) is 7. The van der Waals surface area contributed by atoms with Crippen molar-refractivity contribution in [3.8, 4) is 22.6 Å². The normalized spacial score (nSPS) is 15.7. The summed E-state index contributed by atoms with van der Waals surface area (Å²) in [6, 6.07) is 17.1. The second-order valence-corrected chi connectivity index (χ2v) is 11.3. The maximum atomic E-state index is 13.4. The lowest BCUT2D eigenvalue weighted by atomic mass is 9.87. The zero-order valence-corrected chi connectivity index (χ0v) is 21.3. The maximum Gasteiger partial charge on any atom is 0.240 e. The molecule has 0 amide bonds. The van der Waals surface area contributed by atoms with Gasteiger partial charge in [-0.3, -0.25) is 4.79 Å². The van der Waals surface area contributed by atoms with Gasteiger partial charge in [-0.1, -0.05) is 36.4 Å². The van der Waals surface area contributed by atoms with Crippen LogP contribution in [-0.2, 0) is 26.7 Å². The molecule has 9 heteroatoms. The monoisotopic (exact) mass is 523 g/mol. The molecule has 3 aromatic rings. The highest BCUT2D eigenvalue weighted by Crippen LogP contribution is 2.51. The molecule has 37 heavy (non-hydrogen) atoms. The molecule has 0 atom stereocenters. The summed E-state index contributed by atoms with van der Waals surface area (Å²) in [6.45, 7) is 1.15. The van der Waals surface area contributed by atoms with Gasteiger partial charge in [-0.2, -0.15) is 0 Å². The number of fused-ring (bicyclic) bond motifs is 1. The van der Waals surface area contributed by atoms with Crippen molar-refractivity contribution in [2.45, 2.75) is 42.5 Å². The number of sulfonamides is 1. The molecule has 1 aliphatic carbocycles. The summed E-state index contributed by atoms with van der Waals surface area (Å²) >= 11 is 0. The number of aryl methyl sites for hydroxylation is 1. The molecule has 0 aromatic heterocycles. The van der Waals surface area contributed by atoms with E-state index in [1.807, 2.05) is 43.3 Å². The lowest BCUT2D eigenvalue weighted by molar-refractivity contribution is -0.120.